The number of benzene rings is 2. The highest BCUT2D eigenvalue weighted by Crippen LogP contribution is 2.23. The Morgan fingerprint density at radius 2 is 1.63 bits per heavy atom. The van der Waals surface area contributed by atoms with Crippen molar-refractivity contribution in [3.63, 3.8) is 0 Å². The molecule has 5 rings (SSSR count). The van der Waals surface area contributed by atoms with Crippen molar-refractivity contribution in [2.45, 2.75) is 0 Å². The molecule has 0 aliphatic carbocycles. The van der Waals surface area contributed by atoms with Crippen LogP contribution in [-0.4, -0.2) is 61.9 Å². The van der Waals surface area contributed by atoms with Crippen molar-refractivity contribution in [3.8, 4) is 5.69 Å². The van der Waals surface area contributed by atoms with Crippen molar-refractivity contribution in [1.82, 2.24) is 29.9 Å². The highest BCUT2D eigenvalue weighted by Gasteiger charge is 2.25. The molecule has 0 atom stereocenters. The molecule has 0 N–H and O–H groups in total. The van der Waals surface area contributed by atoms with E-state index in [9.17, 15) is 9.18 Å². The van der Waals surface area contributed by atoms with E-state index >= 15 is 0 Å². The summed E-state index contributed by atoms with van der Waals surface area (Å²) in [6.45, 7) is 2.29. The molecule has 0 radical (unpaired) electrons. The Balaban J connectivity index is 1.36. The lowest BCUT2D eigenvalue weighted by molar-refractivity contribution is 0.0746. The van der Waals surface area contributed by atoms with Crippen molar-refractivity contribution >= 4 is 22.9 Å². The molecule has 1 fully saturated rings. The molecular formula is C21H18FN7O. The number of rotatable bonds is 3. The lowest BCUT2D eigenvalue weighted by Crippen LogP contribution is -2.49. The summed E-state index contributed by atoms with van der Waals surface area (Å²) in [6, 6.07) is 15.3. The fraction of sp³-hybridized carbons (Fsp3) is 0.190. The van der Waals surface area contributed by atoms with Crippen LogP contribution in [0.2, 0.25) is 0 Å². The maximum absolute atomic E-state index is 13.1. The minimum absolute atomic E-state index is 0.0995. The minimum Gasteiger partial charge on any atom is -0.351 e. The van der Waals surface area contributed by atoms with Crippen LogP contribution in [0.1, 0.15) is 10.4 Å². The molecule has 9 heteroatoms. The molecule has 4 aromatic rings. The summed E-state index contributed by atoms with van der Waals surface area (Å²) in [6.07, 6.45) is 1.51. The van der Waals surface area contributed by atoms with Gasteiger partial charge in [-0.3, -0.25) is 4.79 Å². The monoisotopic (exact) mass is 403 g/mol. The van der Waals surface area contributed by atoms with Crippen molar-refractivity contribution in [2.75, 3.05) is 31.1 Å². The van der Waals surface area contributed by atoms with Gasteiger partial charge >= 0.3 is 0 Å². The van der Waals surface area contributed by atoms with Gasteiger partial charge in [-0.05, 0) is 36.4 Å². The molecule has 150 valence electrons. The molecule has 8 nitrogen and oxygen atoms in total. The number of amides is 1. The zero-order valence-electron chi connectivity index (χ0n) is 16.0. The van der Waals surface area contributed by atoms with E-state index in [4.69, 9.17) is 0 Å². The summed E-state index contributed by atoms with van der Waals surface area (Å²) in [5.74, 6) is 0.251. The van der Waals surface area contributed by atoms with Crippen molar-refractivity contribution in [2.24, 2.45) is 0 Å². The SMILES string of the molecule is O=C(c1ccc(F)cc1)N1CCN(c2ncnc3c2nnn3-c2ccccc2)CC1. The molecule has 2 aromatic carbocycles. The predicted octanol–water partition coefficient (Wildman–Crippen LogP) is 2.31. The van der Waals surface area contributed by atoms with E-state index < -0.39 is 0 Å². The molecule has 3 heterocycles. The first-order chi connectivity index (χ1) is 14.7. The van der Waals surface area contributed by atoms with E-state index in [2.05, 4.69) is 25.2 Å². The summed E-state index contributed by atoms with van der Waals surface area (Å²) in [7, 11) is 0. The van der Waals surface area contributed by atoms with Gasteiger partial charge in [0.15, 0.2) is 17.0 Å². The molecule has 0 spiro atoms. The van der Waals surface area contributed by atoms with Crippen LogP contribution in [0.4, 0.5) is 10.2 Å². The number of halogens is 1. The van der Waals surface area contributed by atoms with E-state index in [0.29, 0.717) is 48.7 Å². The molecular weight excluding hydrogens is 385 g/mol. The maximum atomic E-state index is 13.1. The third kappa shape index (κ3) is 3.24. The highest BCUT2D eigenvalue weighted by molar-refractivity contribution is 5.94. The minimum atomic E-state index is -0.354. The van der Waals surface area contributed by atoms with Gasteiger partial charge in [0.2, 0.25) is 0 Å². The predicted molar refractivity (Wildman–Crippen MR) is 109 cm³/mol. The molecule has 0 bridgehead atoms. The third-order valence-electron chi connectivity index (χ3n) is 5.18. The second-order valence-corrected chi connectivity index (χ2v) is 6.99. The Kier molecular flexibility index (Phi) is 4.55. The Labute approximate surface area is 171 Å². The molecule has 0 saturated carbocycles. The smallest absolute Gasteiger partial charge is 0.253 e. The Morgan fingerprint density at radius 3 is 2.37 bits per heavy atom. The normalized spacial score (nSPS) is 14.3. The molecule has 30 heavy (non-hydrogen) atoms. The molecule has 2 aromatic heterocycles. The second-order valence-electron chi connectivity index (χ2n) is 6.99. The van der Waals surface area contributed by atoms with Gasteiger partial charge in [-0.25, -0.2) is 14.4 Å². The quantitative estimate of drug-likeness (QED) is 0.522. The number of hydrogen-bond acceptors (Lipinski definition) is 6. The Bertz CT molecular complexity index is 1190. The number of anilines is 1. The topological polar surface area (TPSA) is 80.0 Å². The van der Waals surface area contributed by atoms with E-state index in [0.717, 1.165) is 5.69 Å². The van der Waals surface area contributed by atoms with Gasteiger partial charge in [0.25, 0.3) is 5.91 Å². The standard InChI is InChI=1S/C21H18FN7O/c22-16-8-6-15(7-9-16)21(30)28-12-10-27(11-13-28)19-18-20(24-14-23-19)29(26-25-18)17-4-2-1-3-5-17/h1-9,14H,10-13H2. The van der Waals surface area contributed by atoms with Crippen LogP contribution in [0.25, 0.3) is 16.9 Å². The van der Waals surface area contributed by atoms with Crippen LogP contribution in [0, 0.1) is 5.82 Å². The largest absolute Gasteiger partial charge is 0.351 e. The van der Waals surface area contributed by atoms with Crippen LogP contribution in [0.15, 0.2) is 60.9 Å². The molecule has 1 amide bonds. The average Bonchev–Trinajstić information content (AvgIpc) is 3.24. The number of hydrogen-bond donors (Lipinski definition) is 0. The zero-order chi connectivity index (χ0) is 20.5. The van der Waals surface area contributed by atoms with Gasteiger partial charge in [0.05, 0.1) is 5.69 Å². The average molecular weight is 403 g/mol. The maximum Gasteiger partial charge on any atom is 0.253 e. The highest BCUT2D eigenvalue weighted by atomic mass is 19.1. The van der Waals surface area contributed by atoms with Gasteiger partial charge in [0.1, 0.15) is 12.1 Å². The summed E-state index contributed by atoms with van der Waals surface area (Å²) >= 11 is 0. The molecule has 0 unspecified atom stereocenters. The lowest BCUT2D eigenvalue weighted by atomic mass is 10.2. The number of nitrogens with zero attached hydrogens (tertiary/aromatic N) is 7. The van der Waals surface area contributed by atoms with Crippen molar-refractivity contribution in [1.29, 1.82) is 0 Å². The van der Waals surface area contributed by atoms with Crippen LogP contribution in [0.5, 0.6) is 0 Å². The first-order valence-electron chi connectivity index (χ1n) is 9.62. The number of aromatic nitrogens is 5. The van der Waals surface area contributed by atoms with Gasteiger partial charge in [-0.2, -0.15) is 4.68 Å². The van der Waals surface area contributed by atoms with Crippen LogP contribution in [-0.2, 0) is 0 Å². The first kappa shape index (κ1) is 18.2. The van der Waals surface area contributed by atoms with E-state index in [1.165, 1.54) is 30.6 Å². The zero-order valence-corrected chi connectivity index (χ0v) is 16.0. The second kappa shape index (κ2) is 7.51. The van der Waals surface area contributed by atoms with Gasteiger partial charge in [0, 0.05) is 31.7 Å². The van der Waals surface area contributed by atoms with Gasteiger partial charge in [-0.1, -0.05) is 23.4 Å². The van der Waals surface area contributed by atoms with E-state index in [1.807, 2.05) is 30.3 Å². The Hall–Kier alpha value is -3.88. The number of fused-ring (bicyclic) bond motifs is 1. The van der Waals surface area contributed by atoms with Crippen molar-refractivity contribution < 1.29 is 9.18 Å². The summed E-state index contributed by atoms with van der Waals surface area (Å²) in [5.41, 5.74) is 2.62. The number of carbonyl (C=O) groups is 1. The van der Waals surface area contributed by atoms with Crippen LogP contribution >= 0.6 is 0 Å². The van der Waals surface area contributed by atoms with E-state index in [-0.39, 0.29) is 11.7 Å². The van der Waals surface area contributed by atoms with Crippen molar-refractivity contribution in [3.05, 3.63) is 72.3 Å². The van der Waals surface area contributed by atoms with E-state index in [1.54, 1.807) is 9.58 Å². The molecule has 1 aliphatic heterocycles. The van der Waals surface area contributed by atoms with Gasteiger partial charge in [-0.15, -0.1) is 5.10 Å². The number of piperazine rings is 1. The molecule has 1 aliphatic rings. The molecule has 1 saturated heterocycles. The first-order valence-corrected chi connectivity index (χ1v) is 9.62. The fourth-order valence-corrected chi connectivity index (χ4v) is 3.61. The summed E-state index contributed by atoms with van der Waals surface area (Å²) in [4.78, 5) is 25.3. The number of para-hydroxylation sites is 1. The third-order valence-corrected chi connectivity index (χ3v) is 5.18. The summed E-state index contributed by atoms with van der Waals surface area (Å²) in [5, 5.41) is 8.56. The van der Waals surface area contributed by atoms with Crippen LogP contribution < -0.4 is 4.90 Å². The fourth-order valence-electron chi connectivity index (χ4n) is 3.61. The summed E-state index contributed by atoms with van der Waals surface area (Å²) < 4.78 is 14.8. The number of carbonyl (C=O) groups excluding carboxylic acids is 1. The Morgan fingerprint density at radius 1 is 0.900 bits per heavy atom. The lowest BCUT2D eigenvalue weighted by Gasteiger charge is -2.35. The van der Waals surface area contributed by atoms with Gasteiger partial charge < -0.3 is 9.80 Å². The van der Waals surface area contributed by atoms with Crippen LogP contribution in [0.3, 0.4) is 0 Å².